The van der Waals surface area contributed by atoms with E-state index in [1.54, 1.807) is 66.7 Å². The van der Waals surface area contributed by atoms with Gasteiger partial charge in [-0.1, -0.05) is 42.5 Å². The first-order valence-electron chi connectivity index (χ1n) is 14.1. The maximum atomic E-state index is 13.3. The highest BCUT2D eigenvalue weighted by molar-refractivity contribution is 7.87. The molecule has 3 heterocycles. The van der Waals surface area contributed by atoms with Crippen molar-refractivity contribution in [3.63, 3.8) is 0 Å². The van der Waals surface area contributed by atoms with E-state index in [1.165, 1.54) is 42.5 Å². The third kappa shape index (κ3) is 4.49. The summed E-state index contributed by atoms with van der Waals surface area (Å²) in [6, 6.07) is 28.5. The zero-order valence-corrected chi connectivity index (χ0v) is 24.6. The number of carbonyl (C=O) groups excluding carboxylic acids is 4. The molecule has 0 spiro atoms. The summed E-state index contributed by atoms with van der Waals surface area (Å²) < 4.78 is 53.7. The maximum absolute atomic E-state index is 13.3. The summed E-state index contributed by atoms with van der Waals surface area (Å²) in [6.07, 6.45) is 0. The second-order valence-electron chi connectivity index (χ2n) is 10.7. The van der Waals surface area contributed by atoms with E-state index in [4.69, 9.17) is 13.7 Å². The monoisotopic (exact) mass is 646 g/mol. The molecule has 0 fully saturated rings. The zero-order valence-electron chi connectivity index (χ0n) is 23.8. The van der Waals surface area contributed by atoms with Crippen LogP contribution in [-0.2, 0) is 29.4 Å². The van der Waals surface area contributed by atoms with Gasteiger partial charge in [-0.25, -0.2) is 23.4 Å². The molecule has 230 valence electrons. The minimum absolute atomic E-state index is 0.0276. The summed E-state index contributed by atoms with van der Waals surface area (Å²) >= 11 is 0. The third-order valence-corrected chi connectivity index (χ3v) is 9.36. The van der Waals surface area contributed by atoms with Crippen LogP contribution >= 0.6 is 0 Å². The molecule has 0 saturated heterocycles. The van der Waals surface area contributed by atoms with Crippen LogP contribution in [0.5, 0.6) is 23.0 Å². The SMILES string of the molecule is O=C1OC(=O)c2cc(Oc3ccc(C4(c5ccc(Oc6ccc7c(c6)C(=O)OC7=O)cc5)OS(=O)(=O)c5ccccc54)cc3)ccc21. The summed E-state index contributed by atoms with van der Waals surface area (Å²) in [5.41, 5.74) is 0.323. The molecule has 0 amide bonds. The lowest BCUT2D eigenvalue weighted by Gasteiger charge is -2.29. The Labute approximate surface area is 266 Å². The quantitative estimate of drug-likeness (QED) is 0.123. The largest absolute Gasteiger partial charge is 0.457 e. The van der Waals surface area contributed by atoms with E-state index in [0.717, 1.165) is 0 Å². The number of hydrogen-bond acceptors (Lipinski definition) is 11. The van der Waals surface area contributed by atoms with Gasteiger partial charge in [0.05, 0.1) is 22.3 Å². The van der Waals surface area contributed by atoms with Crippen LogP contribution in [0.2, 0.25) is 0 Å². The fourth-order valence-electron chi connectivity index (χ4n) is 5.85. The molecule has 0 N–H and O–H groups in total. The molecule has 0 aromatic heterocycles. The van der Waals surface area contributed by atoms with E-state index in [2.05, 4.69) is 9.47 Å². The van der Waals surface area contributed by atoms with Crippen molar-refractivity contribution < 1.29 is 50.7 Å². The van der Waals surface area contributed by atoms with E-state index in [9.17, 15) is 27.6 Å². The molecule has 0 bridgehead atoms. The standard InChI is InChI=1S/C35H18O11S/c36-31-25-15-13-23(17-27(25)33(38)44-31)42-21-9-5-19(6-10-21)35(29-3-1-2-4-30(29)47(40,41)46-35)20-7-11-22(12-8-20)43-24-14-16-26-28(18-24)34(39)45-32(26)37/h1-18H. The third-order valence-electron chi connectivity index (χ3n) is 8.00. The van der Waals surface area contributed by atoms with Crippen molar-refractivity contribution in [3.8, 4) is 23.0 Å². The molecule has 11 nitrogen and oxygen atoms in total. The van der Waals surface area contributed by atoms with Crippen molar-refractivity contribution in [2.75, 3.05) is 0 Å². The highest BCUT2D eigenvalue weighted by Gasteiger charge is 2.51. The summed E-state index contributed by atoms with van der Waals surface area (Å²) in [7, 11) is -4.16. The van der Waals surface area contributed by atoms with Crippen molar-refractivity contribution in [1.82, 2.24) is 0 Å². The molecule has 3 aliphatic heterocycles. The van der Waals surface area contributed by atoms with E-state index >= 15 is 0 Å². The number of carbonyl (C=O) groups is 4. The van der Waals surface area contributed by atoms with Gasteiger partial charge >= 0.3 is 23.9 Å². The first-order chi connectivity index (χ1) is 22.6. The molecule has 3 aliphatic rings. The van der Waals surface area contributed by atoms with Gasteiger partial charge in [-0.15, -0.1) is 0 Å². The topological polar surface area (TPSA) is 149 Å². The van der Waals surface area contributed by atoms with Crippen molar-refractivity contribution >= 4 is 34.0 Å². The van der Waals surface area contributed by atoms with Crippen LogP contribution in [-0.4, -0.2) is 32.3 Å². The summed E-state index contributed by atoms with van der Waals surface area (Å²) in [4.78, 5) is 47.5. The van der Waals surface area contributed by atoms with Crippen LogP contribution in [0.25, 0.3) is 0 Å². The molecule has 0 radical (unpaired) electrons. The smallest absolute Gasteiger partial charge is 0.347 e. The van der Waals surface area contributed by atoms with Gasteiger partial charge in [0.25, 0.3) is 10.1 Å². The van der Waals surface area contributed by atoms with E-state index in [0.29, 0.717) is 39.7 Å². The molecular weight excluding hydrogens is 628 g/mol. The zero-order chi connectivity index (χ0) is 32.5. The van der Waals surface area contributed by atoms with Gasteiger partial charge < -0.3 is 18.9 Å². The number of cyclic esters (lactones) is 4. The summed E-state index contributed by atoms with van der Waals surface area (Å²) in [5.74, 6) is -1.60. The number of fused-ring (bicyclic) bond motifs is 3. The van der Waals surface area contributed by atoms with Crippen LogP contribution in [0, 0.1) is 0 Å². The molecule has 8 rings (SSSR count). The molecule has 47 heavy (non-hydrogen) atoms. The Bertz CT molecular complexity index is 2180. The Balaban J connectivity index is 1.14. The maximum Gasteiger partial charge on any atom is 0.347 e. The Morgan fingerprint density at radius 1 is 0.489 bits per heavy atom. The number of ether oxygens (including phenoxy) is 4. The van der Waals surface area contributed by atoms with Crippen LogP contribution in [0.4, 0.5) is 0 Å². The fourth-order valence-corrected chi connectivity index (χ4v) is 7.27. The molecule has 5 aromatic carbocycles. The first-order valence-corrected chi connectivity index (χ1v) is 15.5. The van der Waals surface area contributed by atoms with E-state index in [1.807, 2.05) is 0 Å². The summed E-state index contributed by atoms with van der Waals surface area (Å²) in [5, 5.41) is 0. The Kier molecular flexibility index (Phi) is 6.16. The lowest BCUT2D eigenvalue weighted by atomic mass is 9.80. The van der Waals surface area contributed by atoms with Gasteiger partial charge in [-0.2, -0.15) is 8.42 Å². The Morgan fingerprint density at radius 2 is 0.915 bits per heavy atom. The Morgan fingerprint density at radius 3 is 1.40 bits per heavy atom. The second-order valence-corrected chi connectivity index (χ2v) is 12.3. The van der Waals surface area contributed by atoms with Crippen LogP contribution in [0.1, 0.15) is 58.1 Å². The van der Waals surface area contributed by atoms with E-state index in [-0.39, 0.29) is 27.1 Å². The number of hydrogen-bond donors (Lipinski definition) is 0. The van der Waals surface area contributed by atoms with Crippen molar-refractivity contribution in [1.29, 1.82) is 0 Å². The predicted octanol–water partition coefficient (Wildman–Crippen LogP) is 5.90. The lowest BCUT2D eigenvalue weighted by Crippen LogP contribution is -2.29. The van der Waals surface area contributed by atoms with Crippen LogP contribution in [0.3, 0.4) is 0 Å². The average molecular weight is 647 g/mol. The van der Waals surface area contributed by atoms with E-state index < -0.39 is 39.6 Å². The van der Waals surface area contributed by atoms with Gasteiger partial charge in [0.2, 0.25) is 0 Å². The molecule has 0 unspecified atom stereocenters. The van der Waals surface area contributed by atoms with Gasteiger partial charge in [0, 0.05) is 5.56 Å². The molecular formula is C35H18O11S. The molecule has 12 heteroatoms. The number of esters is 4. The van der Waals surface area contributed by atoms with Crippen molar-refractivity contribution in [2.24, 2.45) is 0 Å². The lowest BCUT2D eigenvalue weighted by molar-refractivity contribution is 0.0425. The normalized spacial score (nSPS) is 16.6. The van der Waals surface area contributed by atoms with Gasteiger partial charge in [-0.3, -0.25) is 0 Å². The molecule has 0 saturated carbocycles. The second kappa shape index (κ2) is 10.2. The Hall–Kier alpha value is -6.11. The average Bonchev–Trinajstić information content (AvgIpc) is 3.62. The van der Waals surface area contributed by atoms with Gasteiger partial charge in [-0.05, 0) is 77.9 Å². The first kappa shape index (κ1) is 28.4. The minimum Gasteiger partial charge on any atom is -0.457 e. The minimum atomic E-state index is -4.16. The number of rotatable bonds is 6. The van der Waals surface area contributed by atoms with Crippen molar-refractivity contribution in [2.45, 2.75) is 10.5 Å². The number of benzene rings is 5. The highest BCUT2D eigenvalue weighted by Crippen LogP contribution is 2.50. The molecule has 5 aromatic rings. The van der Waals surface area contributed by atoms with Crippen LogP contribution < -0.4 is 9.47 Å². The molecule has 0 aliphatic carbocycles. The predicted molar refractivity (Wildman–Crippen MR) is 160 cm³/mol. The van der Waals surface area contributed by atoms with Crippen molar-refractivity contribution in [3.05, 3.63) is 148 Å². The highest BCUT2D eigenvalue weighted by atomic mass is 32.2. The van der Waals surface area contributed by atoms with Gasteiger partial charge in [0.15, 0.2) is 5.60 Å². The summed E-state index contributed by atoms with van der Waals surface area (Å²) in [6.45, 7) is 0. The fraction of sp³-hybridized carbons (Fsp3) is 0.0286. The van der Waals surface area contributed by atoms with Crippen LogP contribution in [0.15, 0.2) is 114 Å². The van der Waals surface area contributed by atoms with Gasteiger partial charge in [0.1, 0.15) is 27.9 Å². The molecule has 0 atom stereocenters.